The molecule has 0 saturated heterocycles. The molecule has 1 aromatic carbocycles. The molecule has 2 saturated carbocycles. The third-order valence-electron chi connectivity index (χ3n) is 10.0. The summed E-state index contributed by atoms with van der Waals surface area (Å²) >= 11 is 0. The van der Waals surface area contributed by atoms with Crippen LogP contribution in [0.15, 0.2) is 54.4 Å². The lowest BCUT2D eigenvalue weighted by atomic mass is 9.76. The largest absolute Gasteiger partial charge is 0.497 e. The van der Waals surface area contributed by atoms with Gasteiger partial charge in [-0.25, -0.2) is 4.79 Å². The molecule has 0 bridgehead atoms. The van der Waals surface area contributed by atoms with Crippen molar-refractivity contribution in [3.8, 4) is 11.8 Å². The van der Waals surface area contributed by atoms with Crippen LogP contribution in [0.4, 0.5) is 0 Å². The normalized spacial score (nSPS) is 27.4. The summed E-state index contributed by atoms with van der Waals surface area (Å²) in [5, 5.41) is 10.0. The van der Waals surface area contributed by atoms with E-state index in [4.69, 9.17) is 18.5 Å². The highest BCUT2D eigenvalue weighted by Crippen LogP contribution is 2.65. The van der Waals surface area contributed by atoms with Crippen molar-refractivity contribution >= 4 is 19.6 Å². The summed E-state index contributed by atoms with van der Waals surface area (Å²) in [4.78, 5) is 18.0. The summed E-state index contributed by atoms with van der Waals surface area (Å²) < 4.78 is 40.2. The maximum atomic E-state index is 15.5. The molecule has 0 amide bonds. The molecule has 8 nitrogen and oxygen atoms in total. The molecule has 46 heavy (non-hydrogen) atoms. The van der Waals surface area contributed by atoms with Crippen LogP contribution in [0.2, 0.25) is 0 Å². The maximum absolute atomic E-state index is 15.5. The Labute approximate surface area is 275 Å². The molecule has 0 radical (unpaired) electrons. The molecule has 0 aliphatic heterocycles. The van der Waals surface area contributed by atoms with Gasteiger partial charge in [0.15, 0.2) is 0 Å². The lowest BCUT2D eigenvalue weighted by Crippen LogP contribution is -2.35. The predicted octanol–water partition coefficient (Wildman–Crippen LogP) is 9.39. The fourth-order valence-corrected chi connectivity index (χ4v) is 9.00. The minimum atomic E-state index is -4.21. The van der Waals surface area contributed by atoms with E-state index in [-0.39, 0.29) is 29.6 Å². The van der Waals surface area contributed by atoms with Gasteiger partial charge in [0.1, 0.15) is 17.4 Å². The molecule has 2 aliphatic rings. The Morgan fingerprint density at radius 3 is 1.96 bits per heavy atom. The van der Waals surface area contributed by atoms with E-state index in [1.165, 1.54) is 12.3 Å². The molecule has 9 heteroatoms. The Balaban J connectivity index is 1.74. The lowest BCUT2D eigenvalue weighted by molar-refractivity contribution is -0.142. The molecule has 2 aromatic rings. The van der Waals surface area contributed by atoms with Gasteiger partial charge in [-0.15, -0.1) is 0 Å². The van der Waals surface area contributed by atoms with E-state index in [0.717, 1.165) is 38.5 Å². The van der Waals surface area contributed by atoms with Gasteiger partial charge >= 0.3 is 13.6 Å². The van der Waals surface area contributed by atoms with E-state index in [2.05, 4.69) is 46.5 Å². The Kier molecular flexibility index (Phi) is 12.6. The lowest BCUT2D eigenvalue weighted by Gasteiger charge is -2.42. The minimum absolute atomic E-state index is 0.147. The van der Waals surface area contributed by atoms with Crippen LogP contribution in [0, 0.1) is 46.8 Å². The highest BCUT2D eigenvalue weighted by atomic mass is 31.2. The molecule has 2 aliphatic carbocycles. The number of rotatable bonds is 12. The molecule has 7 atom stereocenters. The van der Waals surface area contributed by atoms with Crippen LogP contribution in [0.5, 0.6) is 5.75 Å². The van der Waals surface area contributed by atoms with Crippen LogP contribution in [-0.2, 0) is 23.1 Å². The van der Waals surface area contributed by atoms with Crippen molar-refractivity contribution in [2.24, 2.45) is 35.5 Å². The summed E-state index contributed by atoms with van der Waals surface area (Å²) in [6.45, 7) is 13.1. The number of hydrogen-bond acceptors (Lipinski definition) is 8. The molecular formula is C37H51N2O6P. The zero-order valence-electron chi connectivity index (χ0n) is 28.4. The smallest absolute Gasteiger partial charge is 0.376 e. The molecule has 250 valence electrons. The Morgan fingerprint density at radius 2 is 1.50 bits per heavy atom. The first-order valence-electron chi connectivity index (χ1n) is 16.8. The van der Waals surface area contributed by atoms with Gasteiger partial charge in [0.05, 0.1) is 19.3 Å². The second-order valence-electron chi connectivity index (χ2n) is 13.9. The van der Waals surface area contributed by atoms with Gasteiger partial charge in [0.2, 0.25) is 5.85 Å². The van der Waals surface area contributed by atoms with Crippen LogP contribution < -0.4 is 4.74 Å². The van der Waals surface area contributed by atoms with E-state index in [1.54, 1.807) is 49.7 Å². The van der Waals surface area contributed by atoms with E-state index in [0.29, 0.717) is 40.5 Å². The van der Waals surface area contributed by atoms with Crippen LogP contribution in [0.1, 0.15) is 97.0 Å². The third kappa shape index (κ3) is 9.09. The van der Waals surface area contributed by atoms with Crippen molar-refractivity contribution in [2.45, 2.75) is 98.1 Å². The molecule has 2 fully saturated rings. The van der Waals surface area contributed by atoms with Gasteiger partial charge in [-0.1, -0.05) is 59.7 Å². The fraction of sp³-hybridized carbons (Fsp3) is 0.595. The Bertz CT molecular complexity index is 1370. The summed E-state index contributed by atoms with van der Waals surface area (Å²) in [6, 6.07) is 12.4. The van der Waals surface area contributed by atoms with Crippen molar-refractivity contribution in [2.75, 3.05) is 7.11 Å². The van der Waals surface area contributed by atoms with Crippen molar-refractivity contribution in [1.29, 1.82) is 5.26 Å². The van der Waals surface area contributed by atoms with Crippen molar-refractivity contribution in [3.05, 3.63) is 65.5 Å². The number of nitrogens with zero attached hydrogens (tertiary/aromatic N) is 2. The monoisotopic (exact) mass is 650 g/mol. The van der Waals surface area contributed by atoms with Crippen molar-refractivity contribution < 1.29 is 27.9 Å². The third-order valence-corrected chi connectivity index (χ3v) is 12.1. The van der Waals surface area contributed by atoms with Crippen LogP contribution in [0.3, 0.4) is 0 Å². The van der Waals surface area contributed by atoms with Gasteiger partial charge in [0, 0.05) is 18.0 Å². The second kappa shape index (κ2) is 16.2. The van der Waals surface area contributed by atoms with Crippen molar-refractivity contribution in [1.82, 2.24) is 4.98 Å². The average molecular weight is 651 g/mol. The topological polar surface area (TPSA) is 108 Å². The van der Waals surface area contributed by atoms with Gasteiger partial charge in [-0.05, 0) is 104 Å². The Hall–Kier alpha value is -2.98. The van der Waals surface area contributed by atoms with Crippen LogP contribution in [0.25, 0.3) is 6.08 Å². The number of carbonyl (C=O) groups excluding carboxylic acids is 1. The number of carbonyl (C=O) groups is 1. The molecular weight excluding hydrogens is 599 g/mol. The van der Waals surface area contributed by atoms with Gasteiger partial charge in [0.25, 0.3) is 0 Å². The number of ether oxygens (including phenoxy) is 2. The number of esters is 1. The van der Waals surface area contributed by atoms with Gasteiger partial charge < -0.3 is 18.5 Å². The minimum Gasteiger partial charge on any atom is -0.497 e. The molecule has 4 rings (SSSR count). The predicted molar refractivity (Wildman–Crippen MR) is 180 cm³/mol. The number of benzene rings is 1. The van der Waals surface area contributed by atoms with Gasteiger partial charge in [-0.3, -0.25) is 9.55 Å². The van der Waals surface area contributed by atoms with Crippen LogP contribution >= 0.6 is 7.60 Å². The zero-order chi connectivity index (χ0) is 33.4. The highest BCUT2D eigenvalue weighted by Gasteiger charge is 2.48. The summed E-state index contributed by atoms with van der Waals surface area (Å²) in [6.07, 6.45) is 9.46. The number of pyridine rings is 1. The second-order valence-corrected chi connectivity index (χ2v) is 15.9. The number of aromatic nitrogens is 1. The van der Waals surface area contributed by atoms with E-state index < -0.39 is 19.4 Å². The zero-order valence-corrected chi connectivity index (χ0v) is 29.3. The first-order chi connectivity index (χ1) is 21.9. The van der Waals surface area contributed by atoms with Crippen molar-refractivity contribution in [3.63, 3.8) is 0 Å². The summed E-state index contributed by atoms with van der Waals surface area (Å²) in [7, 11) is -2.64. The fourth-order valence-electron chi connectivity index (χ4n) is 6.65. The van der Waals surface area contributed by atoms with E-state index in [9.17, 15) is 10.1 Å². The molecule has 0 spiro atoms. The highest BCUT2D eigenvalue weighted by molar-refractivity contribution is 7.54. The summed E-state index contributed by atoms with van der Waals surface area (Å²) in [5.41, 5.74) is 0.783. The van der Waals surface area contributed by atoms with E-state index >= 15 is 4.57 Å². The molecule has 7 unspecified atom stereocenters. The van der Waals surface area contributed by atoms with Gasteiger partial charge in [-0.2, -0.15) is 5.26 Å². The van der Waals surface area contributed by atoms with Crippen LogP contribution in [-0.4, -0.2) is 30.3 Å². The standard InChI is InChI=1S/C37H51N2O6P/c1-24(2)29-14-10-26(5)34(20-29)44-46(41,45-35-21-30(25(3)4)15-11-27(35)6)37(31-9-8-18-39-23-31)43-36(40)32(22-38)19-28-12-16-33(42-7)17-13-28/h8-9,12-13,16-19,23-27,29-30,34-35,37H,10-11,14-15,20-21H2,1-7H3. The average Bonchev–Trinajstić information content (AvgIpc) is 3.04. The number of nitriles is 1. The first kappa shape index (κ1) is 35.9. The van der Waals surface area contributed by atoms with E-state index in [1.807, 2.05) is 6.07 Å². The summed E-state index contributed by atoms with van der Waals surface area (Å²) in [5.74, 6) is 0.389. The Morgan fingerprint density at radius 1 is 0.935 bits per heavy atom. The number of methoxy groups -OCH3 is 1. The SMILES string of the molecule is COc1ccc(C=C(C#N)C(=O)OC(c2cccnc2)P(=O)(OC2CC(C(C)C)CCC2C)OC2CC(C(C)C)CCC2C)cc1. The maximum Gasteiger partial charge on any atom is 0.376 e. The number of hydrogen-bond donors (Lipinski definition) is 0. The first-order valence-corrected chi connectivity index (χ1v) is 18.4. The quantitative estimate of drug-likeness (QED) is 0.0968. The molecule has 1 aromatic heterocycles. The molecule has 1 heterocycles. The molecule has 0 N–H and O–H groups in total.